The highest BCUT2D eigenvalue weighted by molar-refractivity contribution is 5.95. The Labute approximate surface area is 190 Å². The van der Waals surface area contributed by atoms with Crippen molar-refractivity contribution in [2.45, 2.75) is 19.0 Å². The second kappa shape index (κ2) is 10.9. The van der Waals surface area contributed by atoms with Crippen molar-refractivity contribution in [1.82, 2.24) is 10.2 Å². The molecule has 32 heavy (non-hydrogen) atoms. The third-order valence-corrected chi connectivity index (χ3v) is 6.03. The Morgan fingerprint density at radius 3 is 2.16 bits per heavy atom. The first-order valence-corrected chi connectivity index (χ1v) is 11.3. The van der Waals surface area contributed by atoms with Crippen LogP contribution in [-0.4, -0.2) is 54.7 Å². The Balaban J connectivity index is 1.36. The van der Waals surface area contributed by atoms with E-state index in [1.807, 2.05) is 60.7 Å². The van der Waals surface area contributed by atoms with E-state index in [4.69, 9.17) is 0 Å². The van der Waals surface area contributed by atoms with Gasteiger partial charge in [-0.05, 0) is 35.7 Å². The topological polar surface area (TPSA) is 55.8 Å². The van der Waals surface area contributed by atoms with Gasteiger partial charge >= 0.3 is 0 Å². The van der Waals surface area contributed by atoms with Crippen LogP contribution in [0.1, 0.15) is 21.5 Å². The predicted octanol–water partition coefficient (Wildman–Crippen LogP) is 3.34. The lowest BCUT2D eigenvalue weighted by Crippen LogP contribution is -2.46. The summed E-state index contributed by atoms with van der Waals surface area (Å²) in [6.45, 7) is 4.51. The van der Waals surface area contributed by atoms with Crippen LogP contribution in [0.25, 0.3) is 0 Å². The fourth-order valence-corrected chi connectivity index (χ4v) is 4.25. The molecular weight excluding hydrogens is 398 g/mol. The molecule has 5 nitrogen and oxygen atoms in total. The highest BCUT2D eigenvalue weighted by Gasteiger charge is 2.21. The van der Waals surface area contributed by atoms with Crippen molar-refractivity contribution in [2.75, 3.05) is 37.7 Å². The van der Waals surface area contributed by atoms with E-state index in [9.17, 15) is 9.90 Å². The fourth-order valence-electron chi connectivity index (χ4n) is 4.25. The maximum absolute atomic E-state index is 13.1. The Morgan fingerprint density at radius 1 is 0.844 bits per heavy atom. The van der Waals surface area contributed by atoms with E-state index in [0.717, 1.165) is 43.9 Å². The molecule has 1 amide bonds. The SMILES string of the molecule is O=C(NC(CO)Cc1ccccc1)c1ccccc1CN1CCN(c2ccccc2)CC1. The number of nitrogens with one attached hydrogen (secondary N) is 1. The number of benzene rings is 3. The van der Waals surface area contributed by atoms with E-state index in [0.29, 0.717) is 12.0 Å². The number of amides is 1. The Bertz CT molecular complexity index is 986. The van der Waals surface area contributed by atoms with Gasteiger partial charge in [0.15, 0.2) is 0 Å². The average Bonchev–Trinajstić information content (AvgIpc) is 2.85. The smallest absolute Gasteiger partial charge is 0.251 e. The summed E-state index contributed by atoms with van der Waals surface area (Å²) < 4.78 is 0. The molecule has 166 valence electrons. The lowest BCUT2D eigenvalue weighted by molar-refractivity contribution is 0.0914. The summed E-state index contributed by atoms with van der Waals surface area (Å²) in [5, 5.41) is 12.8. The molecule has 1 heterocycles. The van der Waals surface area contributed by atoms with Crippen LogP contribution in [0.15, 0.2) is 84.9 Å². The standard InChI is InChI=1S/C27H31N3O2/c31-21-24(19-22-9-3-1-4-10-22)28-27(32)26-14-8-7-11-23(26)20-29-15-17-30(18-16-29)25-12-5-2-6-13-25/h1-14,24,31H,15-21H2,(H,28,32). The predicted molar refractivity (Wildman–Crippen MR) is 129 cm³/mol. The molecule has 1 fully saturated rings. The van der Waals surface area contributed by atoms with Crippen molar-refractivity contribution < 1.29 is 9.90 Å². The first-order valence-electron chi connectivity index (χ1n) is 11.3. The van der Waals surface area contributed by atoms with Gasteiger partial charge in [-0.2, -0.15) is 0 Å². The summed E-state index contributed by atoms with van der Waals surface area (Å²) >= 11 is 0. The number of aliphatic hydroxyl groups is 1. The van der Waals surface area contributed by atoms with Crippen LogP contribution in [0.2, 0.25) is 0 Å². The molecule has 5 heteroatoms. The fraction of sp³-hybridized carbons (Fsp3) is 0.296. The van der Waals surface area contributed by atoms with E-state index in [-0.39, 0.29) is 18.6 Å². The van der Waals surface area contributed by atoms with Gasteiger partial charge in [0.25, 0.3) is 5.91 Å². The van der Waals surface area contributed by atoms with E-state index >= 15 is 0 Å². The van der Waals surface area contributed by atoms with Crippen LogP contribution >= 0.6 is 0 Å². The van der Waals surface area contributed by atoms with Crippen molar-refractivity contribution >= 4 is 11.6 Å². The number of hydrogen-bond donors (Lipinski definition) is 2. The normalized spacial score (nSPS) is 15.3. The summed E-state index contributed by atoms with van der Waals surface area (Å²) in [4.78, 5) is 17.9. The molecule has 3 aromatic rings. The molecule has 0 aliphatic carbocycles. The molecule has 0 bridgehead atoms. The number of carbonyl (C=O) groups excluding carboxylic acids is 1. The number of carbonyl (C=O) groups is 1. The second-order valence-corrected chi connectivity index (χ2v) is 8.30. The van der Waals surface area contributed by atoms with Gasteiger partial charge in [0.2, 0.25) is 0 Å². The minimum Gasteiger partial charge on any atom is -0.394 e. The number of anilines is 1. The van der Waals surface area contributed by atoms with Crippen molar-refractivity contribution in [3.63, 3.8) is 0 Å². The lowest BCUT2D eigenvalue weighted by atomic mass is 10.0. The van der Waals surface area contributed by atoms with Crippen LogP contribution in [0.4, 0.5) is 5.69 Å². The molecule has 1 unspecified atom stereocenters. The molecule has 1 aliphatic rings. The Kier molecular flexibility index (Phi) is 7.54. The molecule has 0 spiro atoms. The second-order valence-electron chi connectivity index (χ2n) is 8.30. The van der Waals surface area contributed by atoms with Crippen molar-refractivity contribution in [3.8, 4) is 0 Å². The van der Waals surface area contributed by atoms with Crippen molar-refractivity contribution in [1.29, 1.82) is 0 Å². The third-order valence-electron chi connectivity index (χ3n) is 6.03. The monoisotopic (exact) mass is 429 g/mol. The van der Waals surface area contributed by atoms with Gasteiger partial charge in [-0.15, -0.1) is 0 Å². The maximum Gasteiger partial charge on any atom is 0.251 e. The summed E-state index contributed by atoms with van der Waals surface area (Å²) in [5.74, 6) is -0.126. The van der Waals surface area contributed by atoms with Crippen molar-refractivity contribution in [3.05, 3.63) is 102 Å². The van der Waals surface area contributed by atoms with Crippen molar-refractivity contribution in [2.24, 2.45) is 0 Å². The number of hydrogen-bond acceptors (Lipinski definition) is 4. The van der Waals surface area contributed by atoms with Crippen LogP contribution < -0.4 is 10.2 Å². The van der Waals surface area contributed by atoms with Crippen LogP contribution in [0, 0.1) is 0 Å². The quantitative estimate of drug-likeness (QED) is 0.577. The molecule has 0 aromatic heterocycles. The number of para-hydroxylation sites is 1. The molecule has 2 N–H and O–H groups in total. The maximum atomic E-state index is 13.1. The van der Waals surface area contributed by atoms with Crippen LogP contribution in [-0.2, 0) is 13.0 Å². The number of aliphatic hydroxyl groups excluding tert-OH is 1. The first kappa shape index (κ1) is 22.1. The number of piperazine rings is 1. The molecule has 3 aromatic carbocycles. The zero-order valence-electron chi connectivity index (χ0n) is 18.4. The molecule has 4 rings (SSSR count). The largest absolute Gasteiger partial charge is 0.394 e. The molecule has 0 saturated carbocycles. The van der Waals surface area contributed by atoms with Gasteiger partial charge in [0.05, 0.1) is 12.6 Å². The summed E-state index contributed by atoms with van der Waals surface area (Å²) in [7, 11) is 0. The average molecular weight is 430 g/mol. The first-order chi connectivity index (χ1) is 15.7. The minimum atomic E-state index is -0.313. The summed E-state index contributed by atoms with van der Waals surface area (Å²) in [5.41, 5.74) is 4.07. The van der Waals surface area contributed by atoms with Crippen LogP contribution in [0.3, 0.4) is 0 Å². The molecular formula is C27H31N3O2. The van der Waals surface area contributed by atoms with Gasteiger partial charge in [-0.3, -0.25) is 9.69 Å². The van der Waals surface area contributed by atoms with Crippen LogP contribution in [0.5, 0.6) is 0 Å². The van der Waals surface area contributed by atoms with E-state index in [1.165, 1.54) is 5.69 Å². The zero-order chi connectivity index (χ0) is 22.2. The third kappa shape index (κ3) is 5.75. The van der Waals surface area contributed by atoms with E-state index in [1.54, 1.807) is 0 Å². The number of nitrogens with zero attached hydrogens (tertiary/aromatic N) is 2. The molecule has 1 atom stereocenters. The van der Waals surface area contributed by atoms with E-state index < -0.39 is 0 Å². The van der Waals surface area contributed by atoms with E-state index in [2.05, 4.69) is 39.4 Å². The van der Waals surface area contributed by atoms with Gasteiger partial charge in [0.1, 0.15) is 0 Å². The van der Waals surface area contributed by atoms with Gasteiger partial charge < -0.3 is 15.3 Å². The minimum absolute atomic E-state index is 0.0930. The Morgan fingerprint density at radius 2 is 1.47 bits per heavy atom. The molecule has 0 radical (unpaired) electrons. The van der Waals surface area contributed by atoms with Gasteiger partial charge in [-0.1, -0.05) is 66.7 Å². The highest BCUT2D eigenvalue weighted by atomic mass is 16.3. The summed E-state index contributed by atoms with van der Waals surface area (Å²) in [6, 6.07) is 27.9. The van der Waals surface area contributed by atoms with Gasteiger partial charge in [0, 0.05) is 44.0 Å². The lowest BCUT2D eigenvalue weighted by Gasteiger charge is -2.36. The number of rotatable bonds is 8. The Hall–Kier alpha value is -3.15. The molecule has 1 aliphatic heterocycles. The van der Waals surface area contributed by atoms with Gasteiger partial charge in [-0.25, -0.2) is 0 Å². The molecule has 1 saturated heterocycles. The zero-order valence-corrected chi connectivity index (χ0v) is 18.4. The summed E-state index contributed by atoms with van der Waals surface area (Å²) in [6.07, 6.45) is 0.604. The highest BCUT2D eigenvalue weighted by Crippen LogP contribution is 2.18.